The van der Waals surface area contributed by atoms with Crippen molar-refractivity contribution < 1.29 is 14.7 Å². The first-order valence-corrected chi connectivity index (χ1v) is 7.44. The van der Waals surface area contributed by atoms with Gasteiger partial charge in [-0.05, 0) is 37.8 Å². The van der Waals surface area contributed by atoms with Gasteiger partial charge in [0.1, 0.15) is 5.69 Å². The Labute approximate surface area is 124 Å². The number of thiazole rings is 1. The van der Waals surface area contributed by atoms with Gasteiger partial charge in [-0.15, -0.1) is 11.3 Å². The Morgan fingerprint density at radius 2 is 2.10 bits per heavy atom. The molecular weight excluding hydrogens is 290 g/mol. The molecule has 0 aliphatic heterocycles. The van der Waals surface area contributed by atoms with E-state index in [9.17, 15) is 9.59 Å². The van der Waals surface area contributed by atoms with Crippen molar-refractivity contribution in [3.8, 4) is 0 Å². The van der Waals surface area contributed by atoms with E-state index < -0.39 is 5.97 Å². The monoisotopic (exact) mass is 303 g/mol. The van der Waals surface area contributed by atoms with Crippen LogP contribution in [0.15, 0.2) is 18.3 Å². The normalized spacial score (nSPS) is 13.5. The van der Waals surface area contributed by atoms with Gasteiger partial charge in [0.2, 0.25) is 0 Å². The van der Waals surface area contributed by atoms with Crippen LogP contribution in [0.25, 0.3) is 0 Å². The van der Waals surface area contributed by atoms with Gasteiger partial charge in [-0.3, -0.25) is 10.1 Å². The molecule has 3 rings (SSSR count). The maximum atomic E-state index is 12.1. The second-order valence-corrected chi connectivity index (χ2v) is 5.87. The summed E-state index contributed by atoms with van der Waals surface area (Å²) in [6.45, 7) is 0. The molecule has 0 saturated heterocycles. The number of aromatic carboxylic acids is 1. The van der Waals surface area contributed by atoms with Crippen LogP contribution in [0.4, 0.5) is 5.13 Å². The molecule has 1 aliphatic carbocycles. The largest absolute Gasteiger partial charge is 0.477 e. The third-order valence-electron chi connectivity index (χ3n) is 3.31. The Bertz CT molecular complexity index is 688. The summed E-state index contributed by atoms with van der Waals surface area (Å²) in [6, 6.07) is 2.74. The van der Waals surface area contributed by atoms with Crippen LogP contribution in [0.2, 0.25) is 0 Å². The lowest BCUT2D eigenvalue weighted by molar-refractivity contribution is 0.0690. The zero-order chi connectivity index (χ0) is 14.8. The summed E-state index contributed by atoms with van der Waals surface area (Å²) in [6.07, 6.45) is 5.58. The van der Waals surface area contributed by atoms with Gasteiger partial charge in [0.15, 0.2) is 5.13 Å². The standard InChI is InChI=1S/C14H13N3O3S/c18-12(8-5-6-15-10(7-8)13(19)20)17-14-16-9-3-1-2-4-11(9)21-14/h5-7H,1-4H2,(H,19,20)(H,16,17,18). The van der Waals surface area contributed by atoms with Crippen molar-refractivity contribution >= 4 is 28.3 Å². The van der Waals surface area contributed by atoms with E-state index in [1.807, 2.05) is 0 Å². The predicted octanol–water partition coefficient (Wildman–Crippen LogP) is 2.37. The molecule has 2 aromatic heterocycles. The van der Waals surface area contributed by atoms with Gasteiger partial charge in [-0.1, -0.05) is 0 Å². The van der Waals surface area contributed by atoms with E-state index in [0.717, 1.165) is 31.4 Å². The van der Waals surface area contributed by atoms with Gasteiger partial charge in [0.05, 0.1) is 5.69 Å². The fourth-order valence-corrected chi connectivity index (χ4v) is 3.31. The number of nitrogens with zero attached hydrogens (tertiary/aromatic N) is 2. The molecule has 0 aromatic carbocycles. The Kier molecular flexibility index (Phi) is 3.66. The van der Waals surface area contributed by atoms with Crippen molar-refractivity contribution in [1.29, 1.82) is 0 Å². The van der Waals surface area contributed by atoms with Gasteiger partial charge in [-0.25, -0.2) is 14.8 Å². The van der Waals surface area contributed by atoms with Crippen LogP contribution in [0.5, 0.6) is 0 Å². The number of hydrogen-bond donors (Lipinski definition) is 2. The number of aromatic nitrogens is 2. The van der Waals surface area contributed by atoms with E-state index in [2.05, 4.69) is 15.3 Å². The van der Waals surface area contributed by atoms with E-state index in [-0.39, 0.29) is 17.2 Å². The molecule has 0 spiro atoms. The second kappa shape index (κ2) is 5.61. The van der Waals surface area contributed by atoms with Gasteiger partial charge in [0, 0.05) is 16.6 Å². The molecule has 6 nitrogen and oxygen atoms in total. The van der Waals surface area contributed by atoms with E-state index in [1.165, 1.54) is 34.5 Å². The molecule has 2 aromatic rings. The Hall–Kier alpha value is -2.28. The average molecular weight is 303 g/mol. The van der Waals surface area contributed by atoms with Crippen LogP contribution >= 0.6 is 11.3 Å². The minimum absolute atomic E-state index is 0.152. The highest BCUT2D eigenvalue weighted by atomic mass is 32.1. The van der Waals surface area contributed by atoms with Crippen molar-refractivity contribution in [2.75, 3.05) is 5.32 Å². The minimum atomic E-state index is -1.16. The summed E-state index contributed by atoms with van der Waals surface area (Å²) < 4.78 is 0. The third kappa shape index (κ3) is 2.92. The van der Waals surface area contributed by atoms with Crippen LogP contribution in [-0.2, 0) is 12.8 Å². The van der Waals surface area contributed by atoms with E-state index in [0.29, 0.717) is 5.13 Å². The molecule has 0 saturated carbocycles. The molecule has 108 valence electrons. The van der Waals surface area contributed by atoms with Crippen LogP contribution < -0.4 is 5.32 Å². The fraction of sp³-hybridized carbons (Fsp3) is 0.286. The summed E-state index contributed by atoms with van der Waals surface area (Å²) in [5.74, 6) is -1.53. The Morgan fingerprint density at radius 1 is 1.29 bits per heavy atom. The lowest BCUT2D eigenvalue weighted by Crippen LogP contribution is -2.13. The number of carboxylic acid groups (broad SMARTS) is 1. The van der Waals surface area contributed by atoms with Crippen LogP contribution in [0.3, 0.4) is 0 Å². The number of nitrogens with one attached hydrogen (secondary N) is 1. The quantitative estimate of drug-likeness (QED) is 0.908. The van der Waals surface area contributed by atoms with Crippen molar-refractivity contribution in [1.82, 2.24) is 9.97 Å². The summed E-state index contributed by atoms with van der Waals surface area (Å²) in [4.78, 5) is 32.3. The number of carbonyl (C=O) groups excluding carboxylic acids is 1. The number of anilines is 1. The maximum absolute atomic E-state index is 12.1. The lowest BCUT2D eigenvalue weighted by atomic mass is 10.0. The molecule has 0 bridgehead atoms. The van der Waals surface area contributed by atoms with Gasteiger partial charge in [-0.2, -0.15) is 0 Å². The van der Waals surface area contributed by atoms with Crippen molar-refractivity contribution in [2.45, 2.75) is 25.7 Å². The Morgan fingerprint density at radius 3 is 2.86 bits per heavy atom. The number of carbonyl (C=O) groups is 2. The number of rotatable bonds is 3. The van der Waals surface area contributed by atoms with Crippen LogP contribution in [0.1, 0.15) is 44.3 Å². The molecule has 7 heteroatoms. The molecule has 0 unspecified atom stereocenters. The summed E-state index contributed by atoms with van der Waals surface area (Å²) in [5.41, 5.74) is 1.18. The molecule has 2 N–H and O–H groups in total. The number of pyridine rings is 1. The first-order chi connectivity index (χ1) is 10.1. The maximum Gasteiger partial charge on any atom is 0.354 e. The highest BCUT2D eigenvalue weighted by Gasteiger charge is 2.17. The van der Waals surface area contributed by atoms with E-state index in [4.69, 9.17) is 5.11 Å². The molecule has 2 heterocycles. The topological polar surface area (TPSA) is 92.2 Å². The third-order valence-corrected chi connectivity index (χ3v) is 4.38. The SMILES string of the molecule is O=C(Nc1nc2c(s1)CCCC2)c1ccnc(C(=O)O)c1. The second-order valence-electron chi connectivity index (χ2n) is 4.79. The Balaban J connectivity index is 1.78. The fourth-order valence-electron chi connectivity index (χ4n) is 2.26. The predicted molar refractivity (Wildman–Crippen MR) is 77.9 cm³/mol. The number of hydrogen-bond acceptors (Lipinski definition) is 5. The summed E-state index contributed by atoms with van der Waals surface area (Å²) >= 11 is 1.49. The zero-order valence-electron chi connectivity index (χ0n) is 11.1. The number of amides is 1. The van der Waals surface area contributed by atoms with Gasteiger partial charge >= 0.3 is 5.97 Å². The summed E-state index contributed by atoms with van der Waals surface area (Å²) in [7, 11) is 0. The van der Waals surface area contributed by atoms with Crippen LogP contribution in [0, 0.1) is 0 Å². The number of carboxylic acids is 1. The highest BCUT2D eigenvalue weighted by Crippen LogP contribution is 2.29. The molecule has 0 atom stereocenters. The van der Waals surface area contributed by atoms with Crippen molar-refractivity contribution in [2.24, 2.45) is 0 Å². The first-order valence-electron chi connectivity index (χ1n) is 6.63. The van der Waals surface area contributed by atoms with Crippen molar-refractivity contribution in [3.05, 3.63) is 40.2 Å². The first kappa shape index (κ1) is 13.7. The molecule has 0 radical (unpaired) electrons. The average Bonchev–Trinajstić information content (AvgIpc) is 2.89. The van der Waals surface area contributed by atoms with E-state index >= 15 is 0 Å². The van der Waals surface area contributed by atoms with Crippen LogP contribution in [-0.4, -0.2) is 27.0 Å². The minimum Gasteiger partial charge on any atom is -0.477 e. The molecule has 1 aliphatic rings. The molecule has 21 heavy (non-hydrogen) atoms. The van der Waals surface area contributed by atoms with Gasteiger partial charge in [0.25, 0.3) is 5.91 Å². The number of fused-ring (bicyclic) bond motifs is 1. The number of aryl methyl sites for hydroxylation is 2. The van der Waals surface area contributed by atoms with Crippen molar-refractivity contribution in [3.63, 3.8) is 0 Å². The van der Waals surface area contributed by atoms with Gasteiger partial charge < -0.3 is 5.11 Å². The smallest absolute Gasteiger partial charge is 0.354 e. The molecule has 1 amide bonds. The molecule has 0 fully saturated rings. The lowest BCUT2D eigenvalue weighted by Gasteiger charge is -2.06. The highest BCUT2D eigenvalue weighted by molar-refractivity contribution is 7.15. The molecular formula is C14H13N3O3S. The zero-order valence-corrected chi connectivity index (χ0v) is 11.9. The summed E-state index contributed by atoms with van der Waals surface area (Å²) in [5, 5.41) is 12.2. The van der Waals surface area contributed by atoms with E-state index in [1.54, 1.807) is 0 Å².